The quantitative estimate of drug-likeness (QED) is 0.280. The number of benzene rings is 3. The second kappa shape index (κ2) is 12.0. The molecule has 1 aromatic heterocycles. The molecule has 4 aromatic rings. The maximum absolute atomic E-state index is 13.4. The molecule has 40 heavy (non-hydrogen) atoms. The molecule has 0 aliphatic heterocycles. The molecule has 3 amide bonds. The lowest BCUT2D eigenvalue weighted by molar-refractivity contribution is -0.121. The molecule has 202 valence electrons. The Morgan fingerprint density at radius 3 is 2.05 bits per heavy atom. The highest BCUT2D eigenvalue weighted by Crippen LogP contribution is 2.30. The third-order valence-corrected chi connectivity index (χ3v) is 7.01. The van der Waals surface area contributed by atoms with Gasteiger partial charge in [0.15, 0.2) is 5.76 Å². The van der Waals surface area contributed by atoms with Crippen LogP contribution in [-0.2, 0) is 11.2 Å². The van der Waals surface area contributed by atoms with Crippen molar-refractivity contribution in [3.8, 4) is 0 Å². The van der Waals surface area contributed by atoms with Crippen LogP contribution in [-0.4, -0.2) is 23.4 Å². The molecule has 0 unspecified atom stereocenters. The van der Waals surface area contributed by atoms with Gasteiger partial charge in [0.25, 0.3) is 11.8 Å². The normalized spacial score (nSPS) is 13.5. The summed E-state index contributed by atoms with van der Waals surface area (Å²) in [5, 5.41) is 5.00. The largest absolute Gasteiger partial charge is 0.455 e. The molecule has 0 atom stereocenters. The van der Waals surface area contributed by atoms with Gasteiger partial charge in [-0.05, 0) is 55.2 Å². The fourth-order valence-corrected chi connectivity index (χ4v) is 4.94. The van der Waals surface area contributed by atoms with Gasteiger partial charge >= 0.3 is 5.91 Å². The van der Waals surface area contributed by atoms with Crippen molar-refractivity contribution in [2.75, 3.05) is 0 Å². The molecular weight excluding hydrogens is 528 g/mol. The van der Waals surface area contributed by atoms with Crippen LogP contribution < -0.4 is 16.3 Å². The second-order valence-corrected chi connectivity index (χ2v) is 9.85. The molecule has 3 aromatic carbocycles. The lowest BCUT2D eigenvalue weighted by Gasteiger charge is -2.18. The standard InChI is InChI=1S/C31H27ClN4O4/c1-19-26-24(33-35-30(38)27(20-9-4-2-5-10-20)21-11-6-3-7-12-21)13-8-14-25(26)40-28(19)31(39)36-34-29(37)22-15-17-23(32)18-16-22/h2-7,9-12,15-18,27H,8,13-14H2,1H3,(H,34,37)(H,35,38)(H,36,39)/b33-24+. The number of carbonyl (C=O) groups excluding carboxylic acids is 3. The number of aryl methyl sites for hydroxylation is 1. The van der Waals surface area contributed by atoms with Crippen LogP contribution in [0.2, 0.25) is 5.02 Å². The molecule has 5 rings (SSSR count). The smallest absolute Gasteiger partial charge is 0.305 e. The Morgan fingerprint density at radius 1 is 0.825 bits per heavy atom. The summed E-state index contributed by atoms with van der Waals surface area (Å²) in [4.78, 5) is 38.7. The zero-order valence-electron chi connectivity index (χ0n) is 21.7. The van der Waals surface area contributed by atoms with E-state index in [0.29, 0.717) is 46.0 Å². The van der Waals surface area contributed by atoms with Crippen molar-refractivity contribution in [2.24, 2.45) is 5.10 Å². The van der Waals surface area contributed by atoms with Gasteiger partial charge in [-0.15, -0.1) is 0 Å². The van der Waals surface area contributed by atoms with Crippen molar-refractivity contribution < 1.29 is 18.8 Å². The summed E-state index contributed by atoms with van der Waals surface area (Å²) in [5.74, 6) is -1.18. The third kappa shape index (κ3) is 5.82. The first-order valence-corrected chi connectivity index (χ1v) is 13.3. The molecule has 3 N–H and O–H groups in total. The Balaban J connectivity index is 1.33. The van der Waals surface area contributed by atoms with Gasteiger partial charge in [-0.1, -0.05) is 72.3 Å². The Bertz CT molecular complexity index is 1520. The van der Waals surface area contributed by atoms with Crippen LogP contribution in [0.5, 0.6) is 0 Å². The summed E-state index contributed by atoms with van der Waals surface area (Å²) in [5.41, 5.74) is 11.5. The number of hydrazone groups is 1. The first-order chi connectivity index (χ1) is 19.4. The fraction of sp³-hybridized carbons (Fsp3) is 0.161. The monoisotopic (exact) mass is 554 g/mol. The number of rotatable bonds is 6. The highest BCUT2D eigenvalue weighted by molar-refractivity contribution is 6.30. The second-order valence-electron chi connectivity index (χ2n) is 9.41. The van der Waals surface area contributed by atoms with Crippen molar-refractivity contribution in [1.82, 2.24) is 16.3 Å². The average molecular weight is 555 g/mol. The van der Waals surface area contributed by atoms with Crippen LogP contribution >= 0.6 is 11.6 Å². The zero-order chi connectivity index (χ0) is 28.1. The van der Waals surface area contributed by atoms with Gasteiger partial charge in [-0.3, -0.25) is 25.2 Å². The minimum Gasteiger partial charge on any atom is -0.455 e. The van der Waals surface area contributed by atoms with E-state index in [1.807, 2.05) is 60.7 Å². The van der Waals surface area contributed by atoms with Gasteiger partial charge in [0.05, 0.1) is 11.6 Å². The van der Waals surface area contributed by atoms with Gasteiger partial charge in [0.2, 0.25) is 0 Å². The number of halogens is 1. The average Bonchev–Trinajstić information content (AvgIpc) is 3.33. The van der Waals surface area contributed by atoms with Crippen LogP contribution in [0.1, 0.15) is 67.7 Å². The predicted octanol–water partition coefficient (Wildman–Crippen LogP) is 5.30. The molecule has 0 saturated heterocycles. The lowest BCUT2D eigenvalue weighted by atomic mass is 9.90. The molecular formula is C31H27ClN4O4. The van der Waals surface area contributed by atoms with Crippen LogP contribution in [0.15, 0.2) is 94.4 Å². The van der Waals surface area contributed by atoms with E-state index >= 15 is 0 Å². The van der Waals surface area contributed by atoms with Crippen molar-refractivity contribution in [3.63, 3.8) is 0 Å². The Labute approximate surface area is 236 Å². The van der Waals surface area contributed by atoms with E-state index in [9.17, 15) is 14.4 Å². The Hall–Kier alpha value is -4.69. The lowest BCUT2D eigenvalue weighted by Crippen LogP contribution is -2.41. The summed E-state index contributed by atoms with van der Waals surface area (Å²) >= 11 is 5.87. The highest BCUT2D eigenvalue weighted by atomic mass is 35.5. The summed E-state index contributed by atoms with van der Waals surface area (Å²) in [6, 6.07) is 25.4. The van der Waals surface area contributed by atoms with Crippen LogP contribution in [0, 0.1) is 6.92 Å². The van der Waals surface area contributed by atoms with Crippen LogP contribution in [0.3, 0.4) is 0 Å². The van der Waals surface area contributed by atoms with E-state index in [-0.39, 0.29) is 11.7 Å². The minimum atomic E-state index is -0.592. The predicted molar refractivity (Wildman–Crippen MR) is 152 cm³/mol. The summed E-state index contributed by atoms with van der Waals surface area (Å²) in [6.45, 7) is 1.76. The first-order valence-electron chi connectivity index (χ1n) is 12.9. The topological polar surface area (TPSA) is 113 Å². The molecule has 1 aliphatic rings. The summed E-state index contributed by atoms with van der Waals surface area (Å²) in [6.07, 6.45) is 2.00. The number of furan rings is 1. The number of fused-ring (bicyclic) bond motifs is 1. The number of nitrogens with zero attached hydrogens (tertiary/aromatic N) is 1. The van der Waals surface area contributed by atoms with E-state index in [2.05, 4.69) is 21.4 Å². The number of hydrazine groups is 1. The number of hydrogen-bond donors (Lipinski definition) is 3. The molecule has 8 nitrogen and oxygen atoms in total. The molecule has 9 heteroatoms. The van der Waals surface area contributed by atoms with Crippen molar-refractivity contribution in [2.45, 2.75) is 32.1 Å². The van der Waals surface area contributed by atoms with Gasteiger partial charge in [0.1, 0.15) is 5.76 Å². The van der Waals surface area contributed by atoms with E-state index in [0.717, 1.165) is 17.5 Å². The Kier molecular flexibility index (Phi) is 8.07. The van der Waals surface area contributed by atoms with E-state index < -0.39 is 17.7 Å². The molecule has 0 bridgehead atoms. The molecule has 0 spiro atoms. The van der Waals surface area contributed by atoms with Gasteiger partial charge in [0, 0.05) is 28.1 Å². The molecule has 1 heterocycles. The highest BCUT2D eigenvalue weighted by Gasteiger charge is 2.29. The number of amides is 3. The van der Waals surface area contributed by atoms with Gasteiger partial charge in [-0.2, -0.15) is 5.10 Å². The number of carbonyl (C=O) groups is 3. The Morgan fingerprint density at radius 2 is 1.43 bits per heavy atom. The maximum Gasteiger partial charge on any atom is 0.305 e. The molecule has 0 fully saturated rings. The molecule has 0 radical (unpaired) electrons. The summed E-state index contributed by atoms with van der Waals surface area (Å²) < 4.78 is 5.90. The number of hydrogen-bond acceptors (Lipinski definition) is 5. The SMILES string of the molecule is Cc1c(C(=O)NNC(=O)c2ccc(Cl)cc2)oc2c1/C(=N/NC(=O)C(c1ccccc1)c1ccccc1)CCC2. The van der Waals surface area contributed by atoms with E-state index in [4.69, 9.17) is 16.0 Å². The van der Waals surface area contributed by atoms with Crippen molar-refractivity contribution in [1.29, 1.82) is 0 Å². The molecule has 1 aliphatic carbocycles. The van der Waals surface area contributed by atoms with Crippen molar-refractivity contribution in [3.05, 3.63) is 129 Å². The summed E-state index contributed by atoms with van der Waals surface area (Å²) in [7, 11) is 0. The van der Waals surface area contributed by atoms with E-state index in [1.54, 1.807) is 31.2 Å². The maximum atomic E-state index is 13.4. The fourth-order valence-electron chi connectivity index (χ4n) is 4.81. The minimum absolute atomic E-state index is 0.0776. The van der Waals surface area contributed by atoms with E-state index in [1.165, 1.54) is 0 Å². The number of nitrogens with one attached hydrogen (secondary N) is 3. The van der Waals surface area contributed by atoms with Gasteiger partial charge in [-0.25, -0.2) is 5.43 Å². The van der Waals surface area contributed by atoms with Crippen LogP contribution in [0.4, 0.5) is 0 Å². The third-order valence-electron chi connectivity index (χ3n) is 6.76. The van der Waals surface area contributed by atoms with Crippen molar-refractivity contribution >= 4 is 35.0 Å². The van der Waals surface area contributed by atoms with Crippen LogP contribution in [0.25, 0.3) is 0 Å². The van der Waals surface area contributed by atoms with Gasteiger partial charge < -0.3 is 4.42 Å². The molecule has 0 saturated carbocycles. The zero-order valence-corrected chi connectivity index (χ0v) is 22.5. The first kappa shape index (κ1) is 26.9.